The molecular weight excluding hydrogens is 486 g/mol. The summed E-state index contributed by atoms with van der Waals surface area (Å²) < 4.78 is 5.90. The van der Waals surface area contributed by atoms with Crippen molar-refractivity contribution in [2.24, 2.45) is 0 Å². The molecule has 0 fully saturated rings. The summed E-state index contributed by atoms with van der Waals surface area (Å²) in [5.74, 6) is 0. The van der Waals surface area contributed by atoms with Crippen molar-refractivity contribution in [3.05, 3.63) is 90.0 Å². The normalized spacial score (nSPS) is 11.4. The molecule has 0 saturated carbocycles. The first kappa shape index (κ1) is 30.1. The lowest BCUT2D eigenvalue weighted by Gasteiger charge is -2.12. The SMILES string of the molecule is CN(C)c1ccc(CCCCCCCCOCCCCCCCCc2cc3ccccc3c3ccccc23)cc1. The lowest BCUT2D eigenvalue weighted by Crippen LogP contribution is -2.08. The van der Waals surface area contributed by atoms with Gasteiger partial charge in [-0.05, 0) is 83.3 Å². The third-order valence-corrected chi connectivity index (χ3v) is 8.30. The molecule has 0 aliphatic heterocycles. The van der Waals surface area contributed by atoms with E-state index in [4.69, 9.17) is 4.74 Å². The summed E-state index contributed by atoms with van der Waals surface area (Å²) in [4.78, 5) is 2.16. The van der Waals surface area contributed by atoms with Gasteiger partial charge in [0.05, 0.1) is 0 Å². The summed E-state index contributed by atoms with van der Waals surface area (Å²) in [5, 5.41) is 5.57. The molecule has 2 nitrogen and oxygen atoms in total. The van der Waals surface area contributed by atoms with Crippen LogP contribution in [0.5, 0.6) is 0 Å². The van der Waals surface area contributed by atoms with Crippen molar-refractivity contribution >= 4 is 27.2 Å². The smallest absolute Gasteiger partial charge is 0.0466 e. The van der Waals surface area contributed by atoms with E-state index in [0.717, 1.165) is 13.2 Å². The molecule has 0 N–H and O–H groups in total. The second-order valence-corrected chi connectivity index (χ2v) is 11.7. The molecule has 0 saturated heterocycles. The fourth-order valence-electron chi connectivity index (χ4n) is 5.87. The maximum Gasteiger partial charge on any atom is 0.0466 e. The van der Waals surface area contributed by atoms with E-state index in [0.29, 0.717) is 0 Å². The first-order chi connectivity index (χ1) is 19.7. The number of unbranched alkanes of at least 4 members (excludes halogenated alkanes) is 10. The molecule has 4 rings (SSSR count). The molecule has 0 amide bonds. The molecule has 0 atom stereocenters. The van der Waals surface area contributed by atoms with Crippen LogP contribution < -0.4 is 4.90 Å². The van der Waals surface area contributed by atoms with Crippen LogP contribution in [0.15, 0.2) is 78.9 Å². The number of hydrogen-bond donors (Lipinski definition) is 0. The fourth-order valence-corrected chi connectivity index (χ4v) is 5.87. The van der Waals surface area contributed by atoms with Gasteiger partial charge in [0, 0.05) is 33.0 Å². The van der Waals surface area contributed by atoms with E-state index in [1.54, 1.807) is 0 Å². The number of anilines is 1. The largest absolute Gasteiger partial charge is 0.381 e. The molecule has 0 bridgehead atoms. The molecule has 0 heterocycles. The van der Waals surface area contributed by atoms with Crippen LogP contribution in [0.3, 0.4) is 0 Å². The molecule has 4 aromatic carbocycles. The highest BCUT2D eigenvalue weighted by Gasteiger charge is 2.06. The predicted molar refractivity (Wildman–Crippen MR) is 176 cm³/mol. The van der Waals surface area contributed by atoms with Crippen molar-refractivity contribution in [2.75, 3.05) is 32.2 Å². The molecule has 0 unspecified atom stereocenters. The number of ether oxygens (including phenoxy) is 1. The minimum Gasteiger partial charge on any atom is -0.381 e. The van der Waals surface area contributed by atoms with E-state index in [9.17, 15) is 0 Å². The highest BCUT2D eigenvalue weighted by molar-refractivity contribution is 6.08. The highest BCUT2D eigenvalue weighted by atomic mass is 16.5. The fraction of sp³-hybridized carbons (Fsp3) is 0.474. The number of hydrogen-bond acceptors (Lipinski definition) is 2. The van der Waals surface area contributed by atoms with Gasteiger partial charge < -0.3 is 9.64 Å². The maximum atomic E-state index is 5.90. The van der Waals surface area contributed by atoms with Crippen molar-refractivity contribution in [3.63, 3.8) is 0 Å². The number of fused-ring (bicyclic) bond motifs is 3. The Kier molecular flexibility index (Phi) is 12.9. The predicted octanol–water partition coefficient (Wildman–Crippen LogP) is 10.5. The van der Waals surface area contributed by atoms with E-state index in [2.05, 4.69) is 97.9 Å². The zero-order valence-electron chi connectivity index (χ0n) is 25.2. The van der Waals surface area contributed by atoms with Gasteiger partial charge in [0.1, 0.15) is 0 Å². The summed E-state index contributed by atoms with van der Waals surface area (Å²) in [6.45, 7) is 1.88. The monoisotopic (exact) mass is 537 g/mol. The summed E-state index contributed by atoms with van der Waals surface area (Å²) in [6.07, 6.45) is 18.1. The van der Waals surface area contributed by atoms with Gasteiger partial charge in [0.2, 0.25) is 0 Å². The third kappa shape index (κ3) is 9.66. The topological polar surface area (TPSA) is 12.5 Å². The molecule has 0 aromatic heterocycles. The lowest BCUT2D eigenvalue weighted by atomic mass is 9.94. The first-order valence-electron chi connectivity index (χ1n) is 16.0. The van der Waals surface area contributed by atoms with Gasteiger partial charge in [-0.2, -0.15) is 0 Å². The Balaban J connectivity index is 0.949. The van der Waals surface area contributed by atoms with E-state index in [1.807, 2.05) is 0 Å². The second kappa shape index (κ2) is 17.1. The van der Waals surface area contributed by atoms with Crippen LogP contribution >= 0.6 is 0 Å². The van der Waals surface area contributed by atoms with E-state index < -0.39 is 0 Å². The van der Waals surface area contributed by atoms with Gasteiger partial charge >= 0.3 is 0 Å². The first-order valence-corrected chi connectivity index (χ1v) is 16.0. The Morgan fingerprint density at radius 1 is 0.500 bits per heavy atom. The van der Waals surface area contributed by atoms with Crippen LogP contribution in [-0.2, 0) is 17.6 Å². The molecule has 0 spiro atoms. The van der Waals surface area contributed by atoms with E-state index in [1.165, 1.54) is 128 Å². The molecule has 4 aromatic rings. The van der Waals surface area contributed by atoms with Gasteiger partial charge in [0.15, 0.2) is 0 Å². The van der Waals surface area contributed by atoms with Crippen LogP contribution in [0.1, 0.15) is 88.2 Å². The molecule has 214 valence electrons. The minimum absolute atomic E-state index is 0.940. The van der Waals surface area contributed by atoms with Gasteiger partial charge in [-0.3, -0.25) is 0 Å². The molecular formula is C38H51NO. The zero-order valence-corrected chi connectivity index (χ0v) is 25.2. The number of benzene rings is 4. The number of nitrogens with zero attached hydrogens (tertiary/aromatic N) is 1. The Bertz CT molecular complexity index is 1260. The lowest BCUT2D eigenvalue weighted by molar-refractivity contribution is 0.125. The highest BCUT2D eigenvalue weighted by Crippen LogP contribution is 2.29. The Morgan fingerprint density at radius 2 is 1.02 bits per heavy atom. The second-order valence-electron chi connectivity index (χ2n) is 11.7. The van der Waals surface area contributed by atoms with Crippen molar-refractivity contribution in [2.45, 2.75) is 89.9 Å². The van der Waals surface area contributed by atoms with Crippen LogP contribution in [0.25, 0.3) is 21.5 Å². The molecule has 0 aliphatic carbocycles. The zero-order chi connectivity index (χ0) is 27.8. The minimum atomic E-state index is 0.940. The molecule has 2 heteroatoms. The van der Waals surface area contributed by atoms with E-state index in [-0.39, 0.29) is 0 Å². The van der Waals surface area contributed by atoms with Crippen LogP contribution in [0, 0.1) is 0 Å². The number of aryl methyl sites for hydroxylation is 2. The average molecular weight is 538 g/mol. The van der Waals surface area contributed by atoms with E-state index >= 15 is 0 Å². The Morgan fingerprint density at radius 3 is 1.68 bits per heavy atom. The quantitative estimate of drug-likeness (QED) is 0.0871. The van der Waals surface area contributed by atoms with Crippen molar-refractivity contribution in [3.8, 4) is 0 Å². The van der Waals surface area contributed by atoms with Crippen molar-refractivity contribution < 1.29 is 4.74 Å². The standard InChI is InChI=1S/C38H51NO/c1-39(2)35-27-25-32(26-28-35)19-11-7-3-5-9-17-29-40-30-18-10-6-4-8-12-20-33-31-34-21-13-14-22-36(34)38-24-16-15-23-37(33)38/h13-16,21-28,31H,3-12,17-20,29-30H2,1-2H3. The van der Waals surface area contributed by atoms with Crippen molar-refractivity contribution in [1.82, 2.24) is 0 Å². The molecule has 0 radical (unpaired) electrons. The summed E-state index contributed by atoms with van der Waals surface area (Å²) in [6, 6.07) is 29.2. The number of rotatable bonds is 19. The summed E-state index contributed by atoms with van der Waals surface area (Å²) >= 11 is 0. The average Bonchev–Trinajstić information content (AvgIpc) is 2.99. The third-order valence-electron chi connectivity index (χ3n) is 8.30. The molecule has 0 aliphatic rings. The van der Waals surface area contributed by atoms with Gasteiger partial charge in [-0.15, -0.1) is 0 Å². The molecule has 40 heavy (non-hydrogen) atoms. The Hall–Kier alpha value is -2.84. The van der Waals surface area contributed by atoms with Crippen LogP contribution in [-0.4, -0.2) is 27.3 Å². The summed E-state index contributed by atoms with van der Waals surface area (Å²) in [7, 11) is 4.19. The summed E-state index contributed by atoms with van der Waals surface area (Å²) in [5.41, 5.74) is 4.26. The van der Waals surface area contributed by atoms with Gasteiger partial charge in [-0.25, -0.2) is 0 Å². The van der Waals surface area contributed by atoms with Crippen molar-refractivity contribution in [1.29, 1.82) is 0 Å². The van der Waals surface area contributed by atoms with Crippen LogP contribution in [0.4, 0.5) is 5.69 Å². The van der Waals surface area contributed by atoms with Gasteiger partial charge in [-0.1, -0.05) is 118 Å². The Labute approximate surface area is 243 Å². The maximum absolute atomic E-state index is 5.90. The van der Waals surface area contributed by atoms with Gasteiger partial charge in [0.25, 0.3) is 0 Å². The van der Waals surface area contributed by atoms with Crippen LogP contribution in [0.2, 0.25) is 0 Å².